The van der Waals surface area contributed by atoms with Gasteiger partial charge < -0.3 is 21.0 Å². The van der Waals surface area contributed by atoms with Crippen LogP contribution in [0, 0.1) is 12.3 Å². The quantitative estimate of drug-likeness (QED) is 0.377. The van der Waals surface area contributed by atoms with Crippen LogP contribution < -0.4 is 11.1 Å². The van der Waals surface area contributed by atoms with Gasteiger partial charge in [-0.1, -0.05) is 23.7 Å². The van der Waals surface area contributed by atoms with Crippen LogP contribution in [0.2, 0.25) is 5.02 Å². The van der Waals surface area contributed by atoms with Crippen LogP contribution in [-0.2, 0) is 6.54 Å². The van der Waals surface area contributed by atoms with Crippen molar-refractivity contribution in [3.63, 3.8) is 0 Å². The molecule has 164 valence electrons. The Kier molecular flexibility index (Phi) is 5.28. The highest BCUT2D eigenvalue weighted by Crippen LogP contribution is 2.25. The van der Waals surface area contributed by atoms with Crippen LogP contribution in [0.1, 0.15) is 23.5 Å². The number of nitrogens with two attached hydrogens (primary N) is 1. The predicted molar refractivity (Wildman–Crippen MR) is 128 cm³/mol. The first-order valence-corrected chi connectivity index (χ1v) is 11.0. The summed E-state index contributed by atoms with van der Waals surface area (Å²) in [6, 6.07) is 13.9. The molecule has 4 heterocycles. The number of rotatable bonds is 7. The Morgan fingerprint density at radius 2 is 2.09 bits per heavy atom. The SMILES string of the molecule is Cc1nnc2ccc3c(cc(C(=N)CC=NC4(CN)CNC4)n3Cc3cccc(Cl)c3)n12. The lowest BCUT2D eigenvalue weighted by molar-refractivity contribution is 0.293. The molecule has 1 aromatic carbocycles. The van der Waals surface area contributed by atoms with Gasteiger partial charge in [0.2, 0.25) is 0 Å². The lowest BCUT2D eigenvalue weighted by atomic mass is 9.93. The molecule has 0 saturated carbocycles. The third kappa shape index (κ3) is 3.60. The van der Waals surface area contributed by atoms with Crippen molar-refractivity contribution in [3.05, 3.63) is 64.6 Å². The van der Waals surface area contributed by atoms with Crippen LogP contribution in [0.3, 0.4) is 0 Å². The lowest BCUT2D eigenvalue weighted by Crippen LogP contribution is -2.62. The minimum atomic E-state index is -0.223. The molecular formula is C23H25ClN8. The molecule has 1 fully saturated rings. The first-order chi connectivity index (χ1) is 15.5. The number of fused-ring (bicyclic) bond motifs is 3. The summed E-state index contributed by atoms with van der Waals surface area (Å²) in [7, 11) is 0. The highest BCUT2D eigenvalue weighted by Gasteiger charge is 2.34. The normalized spacial score (nSPS) is 15.6. The molecule has 5 rings (SSSR count). The maximum Gasteiger partial charge on any atom is 0.161 e. The average Bonchev–Trinajstić information content (AvgIpc) is 3.31. The number of benzene rings is 1. The van der Waals surface area contributed by atoms with Crippen molar-refractivity contribution in [2.75, 3.05) is 19.6 Å². The Balaban J connectivity index is 1.56. The van der Waals surface area contributed by atoms with Crippen molar-refractivity contribution in [1.82, 2.24) is 24.5 Å². The summed E-state index contributed by atoms with van der Waals surface area (Å²) < 4.78 is 4.18. The fourth-order valence-corrected chi connectivity index (χ4v) is 4.43. The third-order valence-electron chi connectivity index (χ3n) is 6.09. The molecule has 3 aromatic heterocycles. The Morgan fingerprint density at radius 3 is 2.81 bits per heavy atom. The van der Waals surface area contributed by atoms with Gasteiger partial charge in [-0.3, -0.25) is 9.39 Å². The van der Waals surface area contributed by atoms with E-state index in [2.05, 4.69) is 25.1 Å². The van der Waals surface area contributed by atoms with E-state index in [1.54, 1.807) is 0 Å². The van der Waals surface area contributed by atoms with Gasteiger partial charge in [0.15, 0.2) is 5.65 Å². The predicted octanol–water partition coefficient (Wildman–Crippen LogP) is 2.82. The zero-order chi connectivity index (χ0) is 22.3. The van der Waals surface area contributed by atoms with Crippen molar-refractivity contribution in [2.24, 2.45) is 10.7 Å². The van der Waals surface area contributed by atoms with E-state index in [0.29, 0.717) is 30.2 Å². The second-order valence-electron chi connectivity index (χ2n) is 8.32. The van der Waals surface area contributed by atoms with Gasteiger partial charge in [-0.05, 0) is 42.8 Å². The fraction of sp³-hybridized carbons (Fsp3) is 0.304. The Labute approximate surface area is 190 Å². The number of hydrogen-bond acceptors (Lipinski definition) is 6. The summed E-state index contributed by atoms with van der Waals surface area (Å²) >= 11 is 6.23. The van der Waals surface area contributed by atoms with E-state index in [1.165, 1.54) is 0 Å². The molecule has 9 heteroatoms. The molecular weight excluding hydrogens is 424 g/mol. The van der Waals surface area contributed by atoms with Crippen molar-refractivity contribution in [2.45, 2.75) is 25.4 Å². The molecule has 8 nitrogen and oxygen atoms in total. The molecule has 0 bridgehead atoms. The maximum atomic E-state index is 8.85. The van der Waals surface area contributed by atoms with E-state index >= 15 is 0 Å². The zero-order valence-corrected chi connectivity index (χ0v) is 18.6. The molecule has 4 N–H and O–H groups in total. The molecule has 0 spiro atoms. The number of nitrogens with one attached hydrogen (secondary N) is 2. The number of pyridine rings is 1. The van der Waals surface area contributed by atoms with E-state index in [1.807, 2.05) is 60.0 Å². The van der Waals surface area contributed by atoms with Gasteiger partial charge in [-0.2, -0.15) is 0 Å². The van der Waals surface area contributed by atoms with E-state index in [9.17, 15) is 0 Å². The summed E-state index contributed by atoms with van der Waals surface area (Å²) in [5.74, 6) is 0.813. The third-order valence-corrected chi connectivity index (χ3v) is 6.32. The van der Waals surface area contributed by atoms with Gasteiger partial charge in [0, 0.05) is 43.8 Å². The van der Waals surface area contributed by atoms with E-state index in [4.69, 9.17) is 22.7 Å². The molecule has 32 heavy (non-hydrogen) atoms. The largest absolute Gasteiger partial charge is 0.334 e. The average molecular weight is 449 g/mol. The van der Waals surface area contributed by atoms with Gasteiger partial charge in [-0.25, -0.2) is 0 Å². The number of nitrogens with zero attached hydrogens (tertiary/aromatic N) is 5. The van der Waals surface area contributed by atoms with Crippen LogP contribution in [0.4, 0.5) is 0 Å². The monoisotopic (exact) mass is 448 g/mol. The topological polar surface area (TPSA) is 109 Å². The number of halogens is 1. The van der Waals surface area contributed by atoms with Crippen molar-refractivity contribution < 1.29 is 0 Å². The Morgan fingerprint density at radius 1 is 1.25 bits per heavy atom. The summed E-state index contributed by atoms with van der Waals surface area (Å²) in [5.41, 5.74) is 10.8. The second kappa shape index (κ2) is 8.12. The molecule has 1 aliphatic heterocycles. The first kappa shape index (κ1) is 20.8. The number of aromatic nitrogens is 4. The number of aliphatic imine (C=N–C) groups is 1. The van der Waals surface area contributed by atoms with Crippen molar-refractivity contribution in [1.29, 1.82) is 5.41 Å². The molecule has 0 amide bonds. The minimum Gasteiger partial charge on any atom is -0.334 e. The fourth-order valence-electron chi connectivity index (χ4n) is 4.22. The highest BCUT2D eigenvalue weighted by atomic mass is 35.5. The van der Waals surface area contributed by atoms with Crippen LogP contribution in [-0.4, -0.2) is 56.3 Å². The number of aryl methyl sites for hydroxylation is 1. The smallest absolute Gasteiger partial charge is 0.161 e. The maximum absolute atomic E-state index is 8.85. The van der Waals surface area contributed by atoms with Gasteiger partial charge in [0.05, 0.1) is 28.0 Å². The van der Waals surface area contributed by atoms with Crippen LogP contribution in [0.5, 0.6) is 0 Å². The Bertz CT molecular complexity index is 1340. The molecule has 0 unspecified atom stereocenters. The van der Waals surface area contributed by atoms with Gasteiger partial charge >= 0.3 is 0 Å². The summed E-state index contributed by atoms with van der Waals surface area (Å²) in [6.07, 6.45) is 2.26. The van der Waals surface area contributed by atoms with Crippen LogP contribution >= 0.6 is 11.6 Å². The number of hydrogen-bond donors (Lipinski definition) is 3. The van der Waals surface area contributed by atoms with Crippen LogP contribution in [0.25, 0.3) is 16.7 Å². The van der Waals surface area contributed by atoms with Crippen molar-refractivity contribution >= 4 is 40.2 Å². The van der Waals surface area contributed by atoms with Gasteiger partial charge in [0.1, 0.15) is 5.82 Å². The molecule has 1 saturated heterocycles. The highest BCUT2D eigenvalue weighted by molar-refractivity contribution is 6.30. The second-order valence-corrected chi connectivity index (χ2v) is 8.75. The van der Waals surface area contributed by atoms with Crippen LogP contribution in [0.15, 0.2) is 47.5 Å². The first-order valence-electron chi connectivity index (χ1n) is 10.6. The lowest BCUT2D eigenvalue weighted by Gasteiger charge is -2.37. The van der Waals surface area contributed by atoms with Crippen molar-refractivity contribution in [3.8, 4) is 0 Å². The molecule has 1 aliphatic rings. The molecule has 0 atom stereocenters. The van der Waals surface area contributed by atoms with Gasteiger partial charge in [-0.15, -0.1) is 10.2 Å². The summed E-state index contributed by atoms with van der Waals surface area (Å²) in [5, 5.41) is 21.2. The molecule has 0 radical (unpaired) electrons. The van der Waals surface area contributed by atoms with E-state index in [0.717, 1.165) is 46.9 Å². The molecule has 0 aliphatic carbocycles. The minimum absolute atomic E-state index is 0.223. The van der Waals surface area contributed by atoms with Gasteiger partial charge in [0.25, 0.3) is 0 Å². The summed E-state index contributed by atoms with van der Waals surface area (Å²) in [6.45, 7) is 4.61. The summed E-state index contributed by atoms with van der Waals surface area (Å²) in [4.78, 5) is 4.67. The van der Waals surface area contributed by atoms with E-state index < -0.39 is 0 Å². The molecule has 4 aromatic rings. The zero-order valence-electron chi connectivity index (χ0n) is 17.8. The Hall–Kier alpha value is -3.07. The standard InChI is InChI=1S/C23H25ClN8/c1-15-29-30-22-6-5-19-21(32(15)22)10-20(31(19)11-16-3-2-4-17(24)9-16)18(26)7-8-28-23(12-25)13-27-14-23/h2-6,8-10,26-27H,7,11-14,25H2,1H3. The van der Waals surface area contributed by atoms with E-state index in [-0.39, 0.29) is 5.54 Å².